The predicted molar refractivity (Wildman–Crippen MR) is 102 cm³/mol. The number of nitrogens with two attached hydrogens (primary N) is 4. The van der Waals surface area contributed by atoms with Crippen LogP contribution in [0.25, 0.3) is 0 Å². The number of carbonyl (C=O) groups excluding carboxylic acids is 2. The van der Waals surface area contributed by atoms with Gasteiger partial charge < -0.3 is 48.3 Å². The summed E-state index contributed by atoms with van der Waals surface area (Å²) in [5.41, 5.74) is 21.7. The number of aliphatic imine (C=N–C) groups is 1. The molecular weight excluding hydrogens is 402 g/mol. The van der Waals surface area contributed by atoms with Gasteiger partial charge in [-0.1, -0.05) is 5.16 Å². The van der Waals surface area contributed by atoms with Crippen molar-refractivity contribution in [3.63, 3.8) is 0 Å². The number of aliphatic hydroxyl groups is 1. The van der Waals surface area contributed by atoms with Gasteiger partial charge >= 0.3 is 12.0 Å². The normalized spacial score (nSPS) is 13.7. The number of carbonyl (C=O) groups is 3. The number of aliphatic carboxylic acids is 1. The molecule has 1 aromatic rings. The highest BCUT2D eigenvalue weighted by atomic mass is 16.5. The predicted octanol–water partition coefficient (Wildman–Crippen LogP) is -2.83. The molecular formula is C15H27N9O6. The van der Waals surface area contributed by atoms with Crippen molar-refractivity contribution in [1.29, 1.82) is 0 Å². The van der Waals surface area contributed by atoms with E-state index in [1.807, 2.05) is 5.32 Å². The topological polar surface area (TPSA) is 271 Å². The zero-order chi connectivity index (χ0) is 22.7. The number of unbranched alkanes of at least 4 members (excludes halogenated alkanes) is 1. The van der Waals surface area contributed by atoms with E-state index in [-0.39, 0.29) is 24.1 Å². The lowest BCUT2D eigenvalue weighted by molar-refractivity contribution is -0.140. The van der Waals surface area contributed by atoms with Crippen LogP contribution in [0.2, 0.25) is 0 Å². The van der Waals surface area contributed by atoms with Crippen molar-refractivity contribution in [2.45, 2.75) is 43.8 Å². The lowest BCUT2D eigenvalue weighted by Gasteiger charge is -2.16. The number of urea groups is 1. The SMILES string of the molecule is NC(=O)C[C@H](NC(=O)N[C@@H](CO)C(=O)O)c1nc([C@@H](N)CCCCN=C(N)N)no1. The van der Waals surface area contributed by atoms with Gasteiger partial charge in [0.15, 0.2) is 17.8 Å². The summed E-state index contributed by atoms with van der Waals surface area (Å²) in [4.78, 5) is 42.1. The van der Waals surface area contributed by atoms with Crippen LogP contribution in [0.1, 0.15) is 49.5 Å². The first-order valence-corrected chi connectivity index (χ1v) is 8.97. The molecule has 0 fully saturated rings. The molecule has 0 saturated heterocycles. The Kier molecular flexibility index (Phi) is 9.98. The van der Waals surface area contributed by atoms with E-state index in [0.29, 0.717) is 25.8 Å². The molecule has 12 N–H and O–H groups in total. The van der Waals surface area contributed by atoms with Crippen LogP contribution in [0.3, 0.4) is 0 Å². The third kappa shape index (κ3) is 8.70. The second-order valence-corrected chi connectivity index (χ2v) is 6.31. The number of hydrogen-bond donors (Lipinski definition) is 8. The fraction of sp³-hybridized carbons (Fsp3) is 0.600. The van der Waals surface area contributed by atoms with Crippen molar-refractivity contribution in [3.8, 4) is 0 Å². The van der Waals surface area contributed by atoms with E-state index in [4.69, 9.17) is 37.7 Å². The van der Waals surface area contributed by atoms with Crippen molar-refractivity contribution < 1.29 is 29.1 Å². The molecule has 0 bridgehead atoms. The molecule has 15 nitrogen and oxygen atoms in total. The molecule has 3 amide bonds. The minimum Gasteiger partial charge on any atom is -0.480 e. The summed E-state index contributed by atoms with van der Waals surface area (Å²) >= 11 is 0. The van der Waals surface area contributed by atoms with Gasteiger partial charge in [0.25, 0.3) is 0 Å². The van der Waals surface area contributed by atoms with Gasteiger partial charge in [0.05, 0.1) is 19.1 Å². The minimum atomic E-state index is -1.54. The maximum atomic E-state index is 12.0. The molecule has 0 radical (unpaired) electrons. The molecule has 0 aliphatic heterocycles. The molecule has 0 unspecified atom stereocenters. The van der Waals surface area contributed by atoms with Crippen LogP contribution in [0, 0.1) is 0 Å². The standard InChI is InChI=1S/C15H27N9O6/c16-7(3-1-2-4-20-14(18)19)11-23-12(30-24-11)8(5-10(17)26)21-15(29)22-9(6-25)13(27)28/h7-9,25H,1-6,16H2,(H2,17,26)(H,27,28)(H4,18,19,20)(H2,21,22,29)/t7-,8-,9-/m0/s1. The Hall–Kier alpha value is -3.46. The molecule has 1 heterocycles. The number of aromatic nitrogens is 2. The smallest absolute Gasteiger partial charge is 0.328 e. The molecule has 3 atom stereocenters. The zero-order valence-corrected chi connectivity index (χ0v) is 16.2. The lowest BCUT2D eigenvalue weighted by atomic mass is 10.1. The van der Waals surface area contributed by atoms with Crippen LogP contribution < -0.4 is 33.6 Å². The molecule has 15 heteroatoms. The number of rotatable bonds is 13. The van der Waals surface area contributed by atoms with E-state index in [9.17, 15) is 14.4 Å². The summed E-state index contributed by atoms with van der Waals surface area (Å²) in [5.74, 6) is -2.19. The quantitative estimate of drug-likeness (QED) is 0.0898. The molecule has 0 aliphatic rings. The van der Waals surface area contributed by atoms with Crippen LogP contribution in [0.15, 0.2) is 9.52 Å². The molecule has 0 aliphatic carbocycles. The third-order valence-electron chi connectivity index (χ3n) is 3.80. The number of guanidine groups is 1. The Balaban J connectivity index is 2.73. The van der Waals surface area contributed by atoms with Gasteiger partial charge in [-0.2, -0.15) is 4.98 Å². The average molecular weight is 429 g/mol. The van der Waals surface area contributed by atoms with Gasteiger partial charge in [-0.15, -0.1) is 0 Å². The van der Waals surface area contributed by atoms with E-state index < -0.39 is 42.6 Å². The van der Waals surface area contributed by atoms with Gasteiger partial charge in [-0.3, -0.25) is 9.79 Å². The molecule has 30 heavy (non-hydrogen) atoms. The van der Waals surface area contributed by atoms with Crippen molar-refractivity contribution >= 4 is 23.9 Å². The van der Waals surface area contributed by atoms with Crippen molar-refractivity contribution in [1.82, 2.24) is 20.8 Å². The van der Waals surface area contributed by atoms with Crippen LogP contribution >= 0.6 is 0 Å². The highest BCUT2D eigenvalue weighted by molar-refractivity contribution is 5.83. The van der Waals surface area contributed by atoms with E-state index in [1.165, 1.54) is 0 Å². The van der Waals surface area contributed by atoms with Crippen LogP contribution in [0.4, 0.5) is 4.79 Å². The first-order valence-electron chi connectivity index (χ1n) is 8.97. The molecule has 168 valence electrons. The zero-order valence-electron chi connectivity index (χ0n) is 16.2. The van der Waals surface area contributed by atoms with Gasteiger partial charge in [0.2, 0.25) is 11.8 Å². The minimum absolute atomic E-state index is 0.00722. The summed E-state index contributed by atoms with van der Waals surface area (Å²) in [7, 11) is 0. The fourth-order valence-electron chi connectivity index (χ4n) is 2.30. The Morgan fingerprint density at radius 3 is 2.43 bits per heavy atom. The largest absolute Gasteiger partial charge is 0.480 e. The number of nitrogens with zero attached hydrogens (tertiary/aromatic N) is 3. The van der Waals surface area contributed by atoms with E-state index in [1.54, 1.807) is 0 Å². The number of primary amides is 1. The third-order valence-corrected chi connectivity index (χ3v) is 3.80. The van der Waals surface area contributed by atoms with Crippen molar-refractivity contribution in [2.75, 3.05) is 13.2 Å². The molecule has 0 saturated carbocycles. The van der Waals surface area contributed by atoms with Crippen molar-refractivity contribution in [3.05, 3.63) is 11.7 Å². The number of carboxylic acid groups (broad SMARTS) is 1. The van der Waals surface area contributed by atoms with Gasteiger partial charge in [-0.25, -0.2) is 9.59 Å². The number of hydrogen-bond acceptors (Lipinski definition) is 9. The summed E-state index contributed by atoms with van der Waals surface area (Å²) in [5, 5.41) is 25.9. The first-order chi connectivity index (χ1) is 14.1. The summed E-state index contributed by atoms with van der Waals surface area (Å²) < 4.78 is 5.08. The molecule has 1 rings (SSSR count). The highest BCUT2D eigenvalue weighted by Gasteiger charge is 2.27. The number of nitrogens with one attached hydrogen (secondary N) is 2. The maximum absolute atomic E-state index is 12.0. The molecule has 0 spiro atoms. The number of amides is 3. The van der Waals surface area contributed by atoms with Crippen molar-refractivity contribution in [2.24, 2.45) is 27.9 Å². The van der Waals surface area contributed by atoms with Crippen LogP contribution in [-0.4, -0.2) is 63.4 Å². The first kappa shape index (κ1) is 24.6. The second kappa shape index (κ2) is 12.2. The van der Waals surface area contributed by atoms with E-state index in [0.717, 1.165) is 0 Å². The number of carboxylic acids is 1. The summed E-state index contributed by atoms with van der Waals surface area (Å²) in [6.45, 7) is -0.372. The Morgan fingerprint density at radius 1 is 1.17 bits per heavy atom. The maximum Gasteiger partial charge on any atom is 0.328 e. The Labute approximate surface area is 171 Å². The molecule has 0 aromatic carbocycles. The van der Waals surface area contributed by atoms with Gasteiger partial charge in [0.1, 0.15) is 6.04 Å². The van der Waals surface area contributed by atoms with Gasteiger partial charge in [-0.05, 0) is 19.3 Å². The van der Waals surface area contributed by atoms with E-state index >= 15 is 0 Å². The fourth-order valence-corrected chi connectivity index (χ4v) is 2.30. The average Bonchev–Trinajstić information content (AvgIpc) is 3.14. The Bertz CT molecular complexity index is 749. The second-order valence-electron chi connectivity index (χ2n) is 6.31. The highest BCUT2D eigenvalue weighted by Crippen LogP contribution is 2.19. The summed E-state index contributed by atoms with van der Waals surface area (Å²) in [6, 6.07) is -4.21. The summed E-state index contributed by atoms with van der Waals surface area (Å²) in [6.07, 6.45) is 1.49. The van der Waals surface area contributed by atoms with E-state index in [2.05, 4.69) is 20.4 Å². The Morgan fingerprint density at radius 2 is 1.87 bits per heavy atom. The monoisotopic (exact) mass is 429 g/mol. The van der Waals surface area contributed by atoms with Gasteiger partial charge in [0, 0.05) is 6.54 Å². The number of aliphatic hydroxyl groups excluding tert-OH is 1. The lowest BCUT2D eigenvalue weighted by Crippen LogP contribution is -2.49. The van der Waals surface area contributed by atoms with Crippen LogP contribution in [-0.2, 0) is 9.59 Å². The van der Waals surface area contributed by atoms with Crippen LogP contribution in [0.5, 0.6) is 0 Å². The molecule has 1 aromatic heterocycles.